The van der Waals surface area contributed by atoms with E-state index in [0.29, 0.717) is 6.04 Å². The van der Waals surface area contributed by atoms with E-state index in [9.17, 15) is 0 Å². The van der Waals surface area contributed by atoms with Crippen LogP contribution in [0.3, 0.4) is 0 Å². The Kier molecular flexibility index (Phi) is 4.08. The smallest absolute Gasteiger partial charge is 0.0307 e. The summed E-state index contributed by atoms with van der Waals surface area (Å²) in [4.78, 5) is 0. The summed E-state index contributed by atoms with van der Waals surface area (Å²) in [6.45, 7) is 0. The van der Waals surface area contributed by atoms with Gasteiger partial charge in [0.2, 0.25) is 0 Å². The molecule has 1 heteroatoms. The molecule has 3 aliphatic rings. The third-order valence-electron chi connectivity index (χ3n) is 5.76. The summed E-state index contributed by atoms with van der Waals surface area (Å²) < 4.78 is 0. The van der Waals surface area contributed by atoms with Gasteiger partial charge < -0.3 is 5.32 Å². The second-order valence-electron chi connectivity index (χ2n) is 6.84. The van der Waals surface area contributed by atoms with Gasteiger partial charge in [-0.3, -0.25) is 0 Å². The minimum Gasteiger partial charge on any atom is -0.313 e. The van der Waals surface area contributed by atoms with E-state index < -0.39 is 0 Å². The van der Waals surface area contributed by atoms with Gasteiger partial charge in [0.05, 0.1) is 0 Å². The van der Waals surface area contributed by atoms with E-state index in [1.165, 1.54) is 64.2 Å². The lowest BCUT2D eigenvalue weighted by atomic mass is 9.78. The van der Waals surface area contributed by atoms with Gasteiger partial charge in [-0.15, -0.1) is 0 Å². The lowest BCUT2D eigenvalue weighted by molar-refractivity contribution is 0.274. The molecular weight excluding hydrogens is 218 g/mol. The highest BCUT2D eigenvalue weighted by molar-refractivity contribution is 5.16. The molecule has 0 radical (unpaired) electrons. The van der Waals surface area contributed by atoms with Crippen LogP contribution in [0.25, 0.3) is 0 Å². The van der Waals surface area contributed by atoms with Crippen LogP contribution in [0.4, 0.5) is 0 Å². The van der Waals surface area contributed by atoms with Gasteiger partial charge in [-0.05, 0) is 69.7 Å². The Balaban J connectivity index is 1.70. The van der Waals surface area contributed by atoms with Crippen molar-refractivity contribution in [3.05, 3.63) is 11.6 Å². The molecule has 4 atom stereocenters. The van der Waals surface area contributed by atoms with Crippen molar-refractivity contribution in [2.24, 2.45) is 17.8 Å². The van der Waals surface area contributed by atoms with Crippen molar-refractivity contribution in [2.45, 2.75) is 70.3 Å². The third kappa shape index (κ3) is 2.52. The summed E-state index contributed by atoms with van der Waals surface area (Å²) in [5, 5.41) is 3.68. The van der Waals surface area contributed by atoms with Crippen LogP contribution in [-0.4, -0.2) is 13.1 Å². The SMILES string of the molecule is CNC(C1=CCCCCCC1)C1CC2CCC1C2. The van der Waals surface area contributed by atoms with Crippen LogP contribution in [0.1, 0.15) is 64.2 Å². The van der Waals surface area contributed by atoms with E-state index in [1.807, 2.05) is 0 Å². The molecule has 4 unspecified atom stereocenters. The van der Waals surface area contributed by atoms with Gasteiger partial charge in [0, 0.05) is 6.04 Å². The second kappa shape index (κ2) is 5.77. The quantitative estimate of drug-likeness (QED) is 0.734. The van der Waals surface area contributed by atoms with Gasteiger partial charge in [0.25, 0.3) is 0 Å². The Bertz CT molecular complexity index is 307. The third-order valence-corrected chi connectivity index (χ3v) is 5.76. The second-order valence-corrected chi connectivity index (χ2v) is 6.84. The summed E-state index contributed by atoms with van der Waals surface area (Å²) in [5.74, 6) is 3.07. The molecule has 0 saturated heterocycles. The van der Waals surface area contributed by atoms with Crippen LogP contribution in [0.5, 0.6) is 0 Å². The minimum atomic E-state index is 0.707. The molecule has 0 aromatic heterocycles. The molecule has 0 aromatic rings. The van der Waals surface area contributed by atoms with Gasteiger partial charge >= 0.3 is 0 Å². The van der Waals surface area contributed by atoms with E-state index in [2.05, 4.69) is 18.4 Å². The fourth-order valence-electron chi connectivity index (χ4n) is 4.88. The van der Waals surface area contributed by atoms with Crippen LogP contribution >= 0.6 is 0 Å². The van der Waals surface area contributed by atoms with Crippen LogP contribution < -0.4 is 5.32 Å². The molecule has 2 saturated carbocycles. The van der Waals surface area contributed by atoms with Crippen molar-refractivity contribution in [1.29, 1.82) is 0 Å². The largest absolute Gasteiger partial charge is 0.313 e. The number of fused-ring (bicyclic) bond motifs is 2. The van der Waals surface area contributed by atoms with Gasteiger partial charge in [0.15, 0.2) is 0 Å². The van der Waals surface area contributed by atoms with Crippen LogP contribution in [0.15, 0.2) is 11.6 Å². The molecule has 0 spiro atoms. The van der Waals surface area contributed by atoms with Crippen LogP contribution in [0.2, 0.25) is 0 Å². The summed E-state index contributed by atoms with van der Waals surface area (Å²) in [7, 11) is 2.19. The Hall–Kier alpha value is -0.300. The maximum Gasteiger partial charge on any atom is 0.0307 e. The summed E-state index contributed by atoms with van der Waals surface area (Å²) in [6, 6.07) is 0.707. The molecule has 18 heavy (non-hydrogen) atoms. The molecule has 1 nitrogen and oxygen atoms in total. The average Bonchev–Trinajstić information content (AvgIpc) is 2.94. The Morgan fingerprint density at radius 2 is 2.00 bits per heavy atom. The first-order valence-corrected chi connectivity index (χ1v) is 8.24. The van der Waals surface area contributed by atoms with E-state index in [0.717, 1.165) is 17.8 Å². The molecule has 2 bridgehead atoms. The van der Waals surface area contributed by atoms with Gasteiger partial charge in [-0.25, -0.2) is 0 Å². The monoisotopic (exact) mass is 247 g/mol. The van der Waals surface area contributed by atoms with E-state index in [1.54, 1.807) is 5.57 Å². The number of rotatable bonds is 3. The zero-order valence-electron chi connectivity index (χ0n) is 12.0. The topological polar surface area (TPSA) is 12.0 Å². The predicted molar refractivity (Wildman–Crippen MR) is 77.6 cm³/mol. The molecular formula is C17H29N. The molecule has 2 fully saturated rings. The standard InChI is InChI=1S/C17H29N/c1-18-17(14-7-5-3-2-4-6-8-14)16-12-13-9-10-15(16)11-13/h7,13,15-18H,2-6,8-12H2,1H3. The fourth-order valence-corrected chi connectivity index (χ4v) is 4.88. The van der Waals surface area contributed by atoms with Gasteiger partial charge in [0.1, 0.15) is 0 Å². The molecule has 0 aliphatic heterocycles. The lowest BCUT2D eigenvalue weighted by Crippen LogP contribution is -2.38. The maximum atomic E-state index is 3.68. The Morgan fingerprint density at radius 3 is 2.72 bits per heavy atom. The highest BCUT2D eigenvalue weighted by atomic mass is 14.9. The lowest BCUT2D eigenvalue weighted by Gasteiger charge is -2.33. The zero-order chi connectivity index (χ0) is 12.4. The number of hydrogen-bond acceptors (Lipinski definition) is 1. The highest BCUT2D eigenvalue weighted by Gasteiger charge is 2.43. The van der Waals surface area contributed by atoms with Gasteiger partial charge in [-0.1, -0.05) is 30.9 Å². The first kappa shape index (κ1) is 12.7. The molecule has 3 rings (SSSR count). The molecule has 102 valence electrons. The minimum absolute atomic E-state index is 0.707. The molecule has 1 N–H and O–H groups in total. The summed E-state index contributed by atoms with van der Waals surface area (Å²) in [5.41, 5.74) is 1.76. The fraction of sp³-hybridized carbons (Fsp3) is 0.882. The van der Waals surface area contributed by atoms with Crippen LogP contribution in [-0.2, 0) is 0 Å². The number of allylic oxidation sites excluding steroid dienone is 1. The Labute approximate surface area is 112 Å². The summed E-state index contributed by atoms with van der Waals surface area (Å²) in [6.07, 6.45) is 17.1. The molecule has 3 aliphatic carbocycles. The van der Waals surface area contributed by atoms with E-state index >= 15 is 0 Å². The predicted octanol–water partition coefficient (Wildman–Crippen LogP) is 4.29. The Morgan fingerprint density at radius 1 is 1.11 bits per heavy atom. The number of likely N-dealkylation sites (N-methyl/N-ethyl adjacent to an activating group) is 1. The van der Waals surface area contributed by atoms with E-state index in [4.69, 9.17) is 0 Å². The summed E-state index contributed by atoms with van der Waals surface area (Å²) >= 11 is 0. The van der Waals surface area contributed by atoms with Crippen molar-refractivity contribution < 1.29 is 0 Å². The first-order chi connectivity index (χ1) is 8.88. The average molecular weight is 247 g/mol. The van der Waals surface area contributed by atoms with Crippen molar-refractivity contribution >= 4 is 0 Å². The van der Waals surface area contributed by atoms with Crippen LogP contribution in [0, 0.1) is 17.8 Å². The maximum absolute atomic E-state index is 3.68. The van der Waals surface area contributed by atoms with E-state index in [-0.39, 0.29) is 0 Å². The van der Waals surface area contributed by atoms with Gasteiger partial charge in [-0.2, -0.15) is 0 Å². The van der Waals surface area contributed by atoms with Crippen molar-refractivity contribution in [1.82, 2.24) is 5.32 Å². The molecule has 0 amide bonds. The number of hydrogen-bond donors (Lipinski definition) is 1. The van der Waals surface area contributed by atoms with Crippen molar-refractivity contribution in [2.75, 3.05) is 7.05 Å². The normalized spacial score (nSPS) is 38.1. The zero-order valence-corrected chi connectivity index (χ0v) is 12.0. The highest BCUT2D eigenvalue weighted by Crippen LogP contribution is 2.50. The number of nitrogens with one attached hydrogen (secondary N) is 1. The molecule has 0 aromatic carbocycles. The molecule has 0 heterocycles. The van der Waals surface area contributed by atoms with Crippen molar-refractivity contribution in [3.8, 4) is 0 Å². The van der Waals surface area contributed by atoms with Crippen molar-refractivity contribution in [3.63, 3.8) is 0 Å². The first-order valence-electron chi connectivity index (χ1n) is 8.24.